The molecule has 0 heterocycles. The van der Waals surface area contributed by atoms with Gasteiger partial charge in [-0.1, -0.05) is 26.2 Å². The van der Waals surface area contributed by atoms with Crippen molar-refractivity contribution >= 4 is 11.9 Å². The van der Waals surface area contributed by atoms with Crippen LogP contribution in [0, 0.1) is 5.92 Å². The molecule has 1 aliphatic rings. The van der Waals surface area contributed by atoms with Crippen LogP contribution in [0.5, 0.6) is 0 Å². The minimum atomic E-state index is -0.949. The number of carbonyl (C=O) groups excluding carboxylic acids is 1. The van der Waals surface area contributed by atoms with Gasteiger partial charge in [-0.05, 0) is 19.3 Å². The highest BCUT2D eigenvalue weighted by molar-refractivity contribution is 5.85. The number of nitrogens with zero attached hydrogens (tertiary/aromatic N) is 1. The van der Waals surface area contributed by atoms with Crippen LogP contribution in [0.2, 0.25) is 0 Å². The summed E-state index contributed by atoms with van der Waals surface area (Å²) in [4.78, 5) is 24.8. The number of nitrogens with two attached hydrogens (primary N) is 1. The highest BCUT2D eigenvalue weighted by atomic mass is 16.4. The van der Waals surface area contributed by atoms with Gasteiger partial charge < -0.3 is 15.7 Å². The third-order valence-corrected chi connectivity index (χ3v) is 3.87. The second-order valence-corrected chi connectivity index (χ2v) is 5.12. The zero-order valence-corrected chi connectivity index (χ0v) is 11.3. The van der Waals surface area contributed by atoms with Crippen LogP contribution in [-0.4, -0.2) is 41.0 Å². The topological polar surface area (TPSA) is 83.6 Å². The van der Waals surface area contributed by atoms with Crippen LogP contribution in [-0.2, 0) is 9.59 Å². The van der Waals surface area contributed by atoms with Crippen LogP contribution < -0.4 is 5.73 Å². The molecule has 0 radical (unpaired) electrons. The van der Waals surface area contributed by atoms with Crippen LogP contribution in [0.4, 0.5) is 0 Å². The number of rotatable bonds is 4. The number of amides is 1. The molecule has 1 saturated carbocycles. The largest absolute Gasteiger partial charge is 0.480 e. The Morgan fingerprint density at radius 3 is 2.50 bits per heavy atom. The highest BCUT2D eigenvalue weighted by Gasteiger charge is 2.33. The summed E-state index contributed by atoms with van der Waals surface area (Å²) in [6, 6.07) is -0.873. The Hall–Kier alpha value is -1.10. The molecule has 0 spiro atoms. The van der Waals surface area contributed by atoms with Crippen molar-refractivity contribution in [3.05, 3.63) is 0 Å². The Morgan fingerprint density at radius 1 is 1.33 bits per heavy atom. The predicted octanol–water partition coefficient (Wildman–Crippen LogP) is 1.22. The maximum Gasteiger partial charge on any atom is 0.326 e. The van der Waals surface area contributed by atoms with Crippen molar-refractivity contribution in [3.8, 4) is 0 Å². The zero-order valence-electron chi connectivity index (χ0n) is 11.3. The summed E-state index contributed by atoms with van der Waals surface area (Å²) in [7, 11) is 1.57. The minimum Gasteiger partial charge on any atom is -0.480 e. The van der Waals surface area contributed by atoms with E-state index in [1.165, 1.54) is 4.90 Å². The highest BCUT2D eigenvalue weighted by Crippen LogP contribution is 2.24. The van der Waals surface area contributed by atoms with E-state index in [1.54, 1.807) is 14.0 Å². The molecule has 0 aromatic carbocycles. The van der Waals surface area contributed by atoms with Gasteiger partial charge in [-0.2, -0.15) is 0 Å². The van der Waals surface area contributed by atoms with E-state index in [1.807, 2.05) is 0 Å². The molecule has 0 aliphatic heterocycles. The van der Waals surface area contributed by atoms with E-state index in [9.17, 15) is 9.59 Å². The fraction of sp³-hybridized carbons (Fsp3) is 0.846. The monoisotopic (exact) mass is 256 g/mol. The normalized spacial score (nSPS) is 26.2. The second-order valence-electron chi connectivity index (χ2n) is 5.12. The van der Waals surface area contributed by atoms with Crippen molar-refractivity contribution < 1.29 is 14.7 Å². The third-order valence-electron chi connectivity index (χ3n) is 3.87. The summed E-state index contributed by atoms with van der Waals surface area (Å²) in [6.45, 7) is 1.77. The molecule has 1 amide bonds. The molecule has 3 atom stereocenters. The predicted molar refractivity (Wildman–Crippen MR) is 69.0 cm³/mol. The SMILES string of the molecule is CCC(C(=O)O)N(C)C(=O)C1CCCCCC1N. The average molecular weight is 256 g/mol. The summed E-state index contributed by atoms with van der Waals surface area (Å²) in [5.74, 6) is -1.28. The maximum absolute atomic E-state index is 12.3. The summed E-state index contributed by atoms with van der Waals surface area (Å²) in [5.41, 5.74) is 6.04. The van der Waals surface area contributed by atoms with Gasteiger partial charge in [0.25, 0.3) is 0 Å². The van der Waals surface area contributed by atoms with Gasteiger partial charge in [0.05, 0.1) is 5.92 Å². The van der Waals surface area contributed by atoms with Crippen molar-refractivity contribution in [1.82, 2.24) is 4.90 Å². The Morgan fingerprint density at radius 2 is 1.94 bits per heavy atom. The van der Waals surface area contributed by atoms with Gasteiger partial charge in [0.15, 0.2) is 0 Å². The number of aliphatic carboxylic acids is 1. The smallest absolute Gasteiger partial charge is 0.326 e. The Kier molecular flexibility index (Phi) is 5.59. The summed E-state index contributed by atoms with van der Waals surface area (Å²) < 4.78 is 0. The molecule has 1 rings (SSSR count). The standard InChI is InChI=1S/C13H24N2O3/c1-3-11(13(17)18)15(2)12(16)9-7-5-4-6-8-10(9)14/h9-11H,3-8,14H2,1-2H3,(H,17,18). The first-order valence-electron chi connectivity index (χ1n) is 6.74. The van der Waals surface area contributed by atoms with E-state index in [0.29, 0.717) is 6.42 Å². The van der Waals surface area contributed by atoms with E-state index in [-0.39, 0.29) is 17.9 Å². The first kappa shape index (κ1) is 15.0. The average Bonchev–Trinajstić information content (AvgIpc) is 2.53. The number of hydrogen-bond acceptors (Lipinski definition) is 3. The lowest BCUT2D eigenvalue weighted by atomic mass is 9.93. The summed E-state index contributed by atoms with van der Waals surface area (Å²) in [6.07, 6.45) is 5.22. The molecule has 0 aromatic rings. The number of carbonyl (C=O) groups is 2. The fourth-order valence-corrected chi connectivity index (χ4v) is 2.67. The fourth-order valence-electron chi connectivity index (χ4n) is 2.67. The molecule has 3 N–H and O–H groups in total. The van der Waals surface area contributed by atoms with E-state index in [0.717, 1.165) is 32.1 Å². The van der Waals surface area contributed by atoms with Crippen molar-refractivity contribution in [1.29, 1.82) is 0 Å². The van der Waals surface area contributed by atoms with Gasteiger partial charge in [-0.15, -0.1) is 0 Å². The lowest BCUT2D eigenvalue weighted by Gasteiger charge is -2.30. The Labute approximate surface area is 108 Å². The van der Waals surface area contributed by atoms with E-state index in [4.69, 9.17) is 10.8 Å². The van der Waals surface area contributed by atoms with Crippen LogP contribution in [0.1, 0.15) is 45.4 Å². The van der Waals surface area contributed by atoms with Crippen molar-refractivity contribution in [2.75, 3.05) is 7.05 Å². The Bertz CT molecular complexity index is 307. The number of carboxylic acids is 1. The van der Waals surface area contributed by atoms with Gasteiger partial charge in [0.1, 0.15) is 6.04 Å². The van der Waals surface area contributed by atoms with Gasteiger partial charge in [-0.25, -0.2) is 4.79 Å². The maximum atomic E-state index is 12.3. The second kappa shape index (κ2) is 6.73. The van der Waals surface area contributed by atoms with E-state index < -0.39 is 12.0 Å². The third kappa shape index (κ3) is 3.45. The van der Waals surface area contributed by atoms with Crippen molar-refractivity contribution in [3.63, 3.8) is 0 Å². The summed E-state index contributed by atoms with van der Waals surface area (Å²) >= 11 is 0. The van der Waals surface area contributed by atoms with Crippen LogP contribution >= 0.6 is 0 Å². The molecule has 0 bridgehead atoms. The molecule has 5 heteroatoms. The molecule has 1 aliphatic carbocycles. The number of carboxylic acid groups (broad SMARTS) is 1. The molecule has 3 unspecified atom stereocenters. The molecule has 0 saturated heterocycles. The van der Waals surface area contributed by atoms with E-state index in [2.05, 4.69) is 0 Å². The number of likely N-dealkylation sites (N-methyl/N-ethyl adjacent to an activating group) is 1. The lowest BCUT2D eigenvalue weighted by molar-refractivity contribution is -0.151. The van der Waals surface area contributed by atoms with Gasteiger partial charge in [-0.3, -0.25) is 4.79 Å². The molecule has 1 fully saturated rings. The van der Waals surface area contributed by atoms with Gasteiger partial charge in [0.2, 0.25) is 5.91 Å². The van der Waals surface area contributed by atoms with Crippen molar-refractivity contribution in [2.45, 2.75) is 57.5 Å². The number of hydrogen-bond donors (Lipinski definition) is 2. The lowest BCUT2D eigenvalue weighted by Crippen LogP contribution is -2.48. The first-order chi connectivity index (χ1) is 8.49. The molecule has 104 valence electrons. The van der Waals surface area contributed by atoms with Gasteiger partial charge >= 0.3 is 5.97 Å². The molecular weight excluding hydrogens is 232 g/mol. The molecule has 18 heavy (non-hydrogen) atoms. The Balaban J connectivity index is 2.74. The summed E-state index contributed by atoms with van der Waals surface area (Å²) in [5, 5.41) is 9.09. The molecule has 0 aromatic heterocycles. The van der Waals surface area contributed by atoms with Gasteiger partial charge in [0, 0.05) is 13.1 Å². The quantitative estimate of drug-likeness (QED) is 0.741. The molecule has 5 nitrogen and oxygen atoms in total. The first-order valence-corrected chi connectivity index (χ1v) is 6.74. The molecular formula is C13H24N2O3. The van der Waals surface area contributed by atoms with Crippen LogP contribution in [0.15, 0.2) is 0 Å². The zero-order chi connectivity index (χ0) is 13.7. The minimum absolute atomic E-state index is 0.112. The van der Waals surface area contributed by atoms with Crippen LogP contribution in [0.25, 0.3) is 0 Å². The van der Waals surface area contributed by atoms with Crippen LogP contribution in [0.3, 0.4) is 0 Å². The van der Waals surface area contributed by atoms with E-state index >= 15 is 0 Å². The van der Waals surface area contributed by atoms with Crippen molar-refractivity contribution in [2.24, 2.45) is 11.7 Å².